The summed E-state index contributed by atoms with van der Waals surface area (Å²) in [5.41, 5.74) is 0.551. The van der Waals surface area contributed by atoms with E-state index in [1.165, 1.54) is 12.1 Å². The average molecular weight is 372 g/mol. The Hall–Kier alpha value is -2.70. The average Bonchev–Trinajstić information content (AvgIpc) is 2.97. The number of hydrogen-bond donors (Lipinski definition) is 0. The molecular weight excluding hydrogens is 348 g/mol. The van der Waals surface area contributed by atoms with Crippen molar-refractivity contribution in [1.29, 1.82) is 0 Å². The predicted octanol–water partition coefficient (Wildman–Crippen LogP) is 2.00. The number of hydrogen-bond acceptors (Lipinski definition) is 5. The summed E-state index contributed by atoms with van der Waals surface area (Å²) in [5, 5.41) is 0. The number of carbonyl (C=O) groups excluding carboxylic acids is 4. The van der Waals surface area contributed by atoms with Crippen LogP contribution in [-0.2, 0) is 19.1 Å². The van der Waals surface area contributed by atoms with Crippen molar-refractivity contribution in [3.8, 4) is 0 Å². The van der Waals surface area contributed by atoms with Gasteiger partial charge in [0.1, 0.15) is 0 Å². The number of amides is 3. The Labute approximate surface area is 158 Å². The maximum Gasteiger partial charge on any atom is 0.338 e. The molecule has 1 aromatic carbocycles. The molecule has 0 bridgehead atoms. The lowest BCUT2D eigenvalue weighted by Crippen LogP contribution is -2.44. The van der Waals surface area contributed by atoms with Crippen molar-refractivity contribution >= 4 is 29.4 Å². The molecule has 0 aliphatic carbocycles. The maximum absolute atomic E-state index is 12.3. The first-order valence-electron chi connectivity index (χ1n) is 9.26. The lowest BCUT2D eigenvalue weighted by atomic mass is 9.92. The molecule has 2 fully saturated rings. The summed E-state index contributed by atoms with van der Waals surface area (Å²) >= 11 is 0. The molecule has 0 spiro atoms. The third kappa shape index (κ3) is 4.35. The van der Waals surface area contributed by atoms with E-state index in [1.807, 2.05) is 0 Å². The summed E-state index contributed by atoms with van der Waals surface area (Å²) in [5.74, 6) is -0.561. The van der Waals surface area contributed by atoms with Gasteiger partial charge in [-0.1, -0.05) is 19.9 Å². The molecule has 144 valence electrons. The fraction of sp³-hybridized carbons (Fsp3) is 0.500. The monoisotopic (exact) mass is 372 g/mol. The first-order chi connectivity index (χ1) is 12.8. The minimum Gasteiger partial charge on any atom is -0.452 e. The lowest BCUT2D eigenvalue weighted by Gasteiger charge is -2.34. The van der Waals surface area contributed by atoms with Crippen LogP contribution in [0.1, 0.15) is 43.5 Å². The molecule has 3 rings (SSSR count). The zero-order valence-electron chi connectivity index (χ0n) is 15.6. The minimum absolute atomic E-state index is 0.175. The van der Waals surface area contributed by atoms with Crippen molar-refractivity contribution in [1.82, 2.24) is 4.90 Å². The molecule has 0 aromatic heterocycles. The van der Waals surface area contributed by atoms with Crippen LogP contribution in [0.3, 0.4) is 0 Å². The summed E-state index contributed by atoms with van der Waals surface area (Å²) in [6.07, 6.45) is 1.44. The number of esters is 1. The number of imide groups is 1. The highest BCUT2D eigenvalue weighted by Gasteiger charge is 2.31. The minimum atomic E-state index is -0.651. The standard InChI is InChI=1S/C20H24N2O5/c1-13-8-14(2)11-21(10-13)19(25)12-27-20(26)15-4-3-5-16(9-15)22-17(23)6-7-18(22)24/h3-5,9,13-14H,6-8,10-12H2,1-2H3/t13-,14-/m1/s1. The first kappa shape index (κ1) is 19.1. The van der Waals surface area contributed by atoms with E-state index in [0.29, 0.717) is 30.6 Å². The van der Waals surface area contributed by atoms with E-state index in [0.717, 1.165) is 11.3 Å². The van der Waals surface area contributed by atoms with E-state index in [1.54, 1.807) is 17.0 Å². The van der Waals surface area contributed by atoms with Crippen LogP contribution in [0.5, 0.6) is 0 Å². The van der Waals surface area contributed by atoms with Gasteiger partial charge < -0.3 is 9.64 Å². The van der Waals surface area contributed by atoms with Crippen molar-refractivity contribution in [3.63, 3.8) is 0 Å². The summed E-state index contributed by atoms with van der Waals surface area (Å²) in [7, 11) is 0. The molecule has 0 N–H and O–H groups in total. The molecule has 2 aliphatic rings. The van der Waals surface area contributed by atoms with Gasteiger partial charge in [-0.3, -0.25) is 19.3 Å². The quantitative estimate of drug-likeness (QED) is 0.596. The van der Waals surface area contributed by atoms with Crippen LogP contribution in [0.25, 0.3) is 0 Å². The largest absolute Gasteiger partial charge is 0.452 e. The Kier molecular flexibility index (Phi) is 5.58. The molecule has 2 atom stereocenters. The van der Waals surface area contributed by atoms with Crippen molar-refractivity contribution in [3.05, 3.63) is 29.8 Å². The van der Waals surface area contributed by atoms with Crippen LogP contribution < -0.4 is 4.90 Å². The fourth-order valence-electron chi connectivity index (χ4n) is 3.80. The Morgan fingerprint density at radius 3 is 2.33 bits per heavy atom. The Morgan fingerprint density at radius 1 is 1.07 bits per heavy atom. The van der Waals surface area contributed by atoms with Crippen molar-refractivity contribution in [2.45, 2.75) is 33.1 Å². The molecule has 0 saturated carbocycles. The second-order valence-corrected chi connectivity index (χ2v) is 7.49. The van der Waals surface area contributed by atoms with Crippen LogP contribution in [0.15, 0.2) is 24.3 Å². The van der Waals surface area contributed by atoms with Crippen molar-refractivity contribution < 1.29 is 23.9 Å². The van der Waals surface area contributed by atoms with E-state index in [4.69, 9.17) is 4.74 Å². The number of rotatable bonds is 4. The Bertz CT molecular complexity index is 749. The molecule has 0 radical (unpaired) electrons. The number of ether oxygens (including phenoxy) is 1. The second-order valence-electron chi connectivity index (χ2n) is 7.49. The molecule has 1 aromatic rings. The fourth-order valence-corrected chi connectivity index (χ4v) is 3.80. The van der Waals surface area contributed by atoms with E-state index in [-0.39, 0.29) is 42.7 Å². The topological polar surface area (TPSA) is 84.0 Å². The number of piperidine rings is 1. The van der Waals surface area contributed by atoms with Gasteiger partial charge in [0, 0.05) is 25.9 Å². The van der Waals surface area contributed by atoms with Gasteiger partial charge in [-0.25, -0.2) is 4.79 Å². The van der Waals surface area contributed by atoms with Gasteiger partial charge in [-0.05, 0) is 36.5 Å². The van der Waals surface area contributed by atoms with E-state index >= 15 is 0 Å². The van der Waals surface area contributed by atoms with Crippen LogP contribution >= 0.6 is 0 Å². The molecule has 27 heavy (non-hydrogen) atoms. The zero-order chi connectivity index (χ0) is 19.6. The number of carbonyl (C=O) groups is 4. The first-order valence-corrected chi connectivity index (χ1v) is 9.26. The molecule has 3 amide bonds. The molecule has 2 aliphatic heterocycles. The van der Waals surface area contributed by atoms with Crippen LogP contribution in [0, 0.1) is 11.8 Å². The normalized spacial score (nSPS) is 22.9. The van der Waals surface area contributed by atoms with Crippen molar-refractivity contribution in [2.24, 2.45) is 11.8 Å². The Morgan fingerprint density at radius 2 is 1.70 bits per heavy atom. The summed E-state index contributed by atoms with van der Waals surface area (Å²) < 4.78 is 5.17. The number of nitrogens with zero attached hydrogens (tertiary/aromatic N) is 2. The molecule has 0 unspecified atom stereocenters. The van der Waals surface area contributed by atoms with Crippen LogP contribution in [-0.4, -0.2) is 48.3 Å². The molecule has 2 heterocycles. The van der Waals surface area contributed by atoms with Gasteiger partial charge in [0.2, 0.25) is 11.8 Å². The third-order valence-corrected chi connectivity index (χ3v) is 4.94. The van der Waals surface area contributed by atoms with E-state index < -0.39 is 5.97 Å². The highest BCUT2D eigenvalue weighted by atomic mass is 16.5. The smallest absolute Gasteiger partial charge is 0.338 e. The van der Waals surface area contributed by atoms with Gasteiger partial charge >= 0.3 is 5.97 Å². The lowest BCUT2D eigenvalue weighted by molar-refractivity contribution is -0.137. The van der Waals surface area contributed by atoms with Gasteiger partial charge in [0.25, 0.3) is 5.91 Å². The summed E-state index contributed by atoms with van der Waals surface area (Å²) in [6.45, 7) is 5.25. The molecular formula is C20H24N2O5. The van der Waals surface area contributed by atoms with Gasteiger partial charge in [0.05, 0.1) is 11.3 Å². The number of likely N-dealkylation sites (tertiary alicyclic amines) is 1. The van der Waals surface area contributed by atoms with Gasteiger partial charge in [0.15, 0.2) is 6.61 Å². The highest BCUT2D eigenvalue weighted by Crippen LogP contribution is 2.24. The summed E-state index contributed by atoms with van der Waals surface area (Å²) in [6, 6.07) is 6.16. The number of anilines is 1. The van der Waals surface area contributed by atoms with Crippen LogP contribution in [0.4, 0.5) is 5.69 Å². The second kappa shape index (κ2) is 7.90. The highest BCUT2D eigenvalue weighted by molar-refractivity contribution is 6.20. The number of benzene rings is 1. The molecule has 2 saturated heterocycles. The van der Waals surface area contributed by atoms with Gasteiger partial charge in [-0.15, -0.1) is 0 Å². The predicted molar refractivity (Wildman–Crippen MR) is 98.0 cm³/mol. The maximum atomic E-state index is 12.3. The Balaban J connectivity index is 1.61. The van der Waals surface area contributed by atoms with E-state index in [2.05, 4.69) is 13.8 Å². The van der Waals surface area contributed by atoms with Gasteiger partial charge in [-0.2, -0.15) is 0 Å². The third-order valence-electron chi connectivity index (χ3n) is 4.94. The van der Waals surface area contributed by atoms with Crippen LogP contribution in [0.2, 0.25) is 0 Å². The molecule has 7 heteroatoms. The zero-order valence-corrected chi connectivity index (χ0v) is 15.6. The summed E-state index contributed by atoms with van der Waals surface area (Å²) in [4.78, 5) is 51.2. The van der Waals surface area contributed by atoms with E-state index in [9.17, 15) is 19.2 Å². The molecule has 7 nitrogen and oxygen atoms in total. The van der Waals surface area contributed by atoms with Crippen molar-refractivity contribution in [2.75, 3.05) is 24.6 Å². The SMILES string of the molecule is C[C@@H]1C[C@@H](C)CN(C(=O)COC(=O)c2cccc(N3C(=O)CCC3=O)c2)C1.